The van der Waals surface area contributed by atoms with Crippen molar-refractivity contribution in [2.45, 2.75) is 0 Å². The summed E-state index contributed by atoms with van der Waals surface area (Å²) in [6.45, 7) is 0. The first-order valence-electron chi connectivity index (χ1n) is 1.39. The van der Waals surface area contributed by atoms with Crippen LogP contribution >= 0.6 is 0 Å². The predicted molar refractivity (Wildman–Crippen MR) is 20.8 cm³/mol. The number of nitrogens with zero attached hydrogens (tertiary/aromatic N) is 1. The molecule has 26 valence electrons. The molecule has 0 saturated carbocycles. The van der Waals surface area contributed by atoms with Crippen LogP contribution in [0.1, 0.15) is 0 Å². The van der Waals surface area contributed by atoms with Gasteiger partial charge in [-0.25, -0.2) is 0 Å². The molecule has 0 radical (unpaired) electrons. The van der Waals surface area contributed by atoms with Crippen LogP contribution in [0.5, 0.6) is 0 Å². The topological polar surface area (TPSA) is 38.4 Å². The number of aliphatic imine (C=N–C) groups is 1. The molecule has 0 unspecified atom stereocenters. The lowest BCUT2D eigenvalue weighted by atomic mass is 10.7. The molecule has 0 bridgehead atoms. The molecule has 1 rings (SSSR count). The Bertz CT molecular complexity index is 83.1. The zero-order valence-electron chi connectivity index (χ0n) is 2.68. The van der Waals surface area contributed by atoms with E-state index >= 15 is 0 Å². The SMILES string of the molecule is NC=C1C=N1. The van der Waals surface area contributed by atoms with Crippen LogP contribution in [0.25, 0.3) is 0 Å². The number of hydrogen-bond donors (Lipinski definition) is 1. The molecule has 0 fully saturated rings. The van der Waals surface area contributed by atoms with Crippen LogP contribution in [0, 0.1) is 0 Å². The number of rotatable bonds is 0. The van der Waals surface area contributed by atoms with Crippen LogP contribution in [0.2, 0.25) is 0 Å². The van der Waals surface area contributed by atoms with E-state index in [1.165, 1.54) is 6.20 Å². The van der Waals surface area contributed by atoms with Gasteiger partial charge in [-0.2, -0.15) is 0 Å². The van der Waals surface area contributed by atoms with Crippen LogP contribution in [-0.4, -0.2) is 6.21 Å². The number of allylic oxidation sites excluding steroid dienone is 1. The van der Waals surface area contributed by atoms with Crippen molar-refractivity contribution >= 4 is 6.21 Å². The molecule has 2 nitrogen and oxygen atoms in total. The van der Waals surface area contributed by atoms with E-state index in [2.05, 4.69) is 4.99 Å². The average Bonchev–Trinajstić information content (AvgIpc) is 2.12. The van der Waals surface area contributed by atoms with Gasteiger partial charge in [-0.05, 0) is 0 Å². The van der Waals surface area contributed by atoms with Crippen molar-refractivity contribution in [1.82, 2.24) is 0 Å². The van der Waals surface area contributed by atoms with Gasteiger partial charge in [-0.1, -0.05) is 0 Å². The molecule has 0 aromatic heterocycles. The second-order valence-corrected chi connectivity index (χ2v) is 0.850. The molecule has 0 aromatic carbocycles. The van der Waals surface area contributed by atoms with E-state index in [9.17, 15) is 0 Å². The van der Waals surface area contributed by atoms with Gasteiger partial charge >= 0.3 is 0 Å². The van der Waals surface area contributed by atoms with Gasteiger partial charge in [-0.15, -0.1) is 0 Å². The maximum atomic E-state index is 4.95. The standard InChI is InChI=1S/C3H4N2/c4-1-3-2-5-3/h1-2H,4H2. The van der Waals surface area contributed by atoms with Crippen LogP contribution in [0.3, 0.4) is 0 Å². The average molecular weight is 68.1 g/mol. The molecule has 1 aliphatic rings. The maximum absolute atomic E-state index is 4.95. The fourth-order valence-electron chi connectivity index (χ4n) is 0.123. The Hall–Kier alpha value is -0.790. The molecule has 0 aliphatic carbocycles. The zero-order chi connectivity index (χ0) is 3.70. The van der Waals surface area contributed by atoms with Gasteiger partial charge in [0.1, 0.15) is 0 Å². The van der Waals surface area contributed by atoms with Crippen molar-refractivity contribution in [3.8, 4) is 0 Å². The largest absolute Gasteiger partial charge is 0.403 e. The molecular weight excluding hydrogens is 64.0 g/mol. The van der Waals surface area contributed by atoms with E-state index in [1.807, 2.05) is 0 Å². The summed E-state index contributed by atoms with van der Waals surface area (Å²) < 4.78 is 0. The molecule has 5 heavy (non-hydrogen) atoms. The molecule has 1 aliphatic heterocycles. The summed E-state index contributed by atoms with van der Waals surface area (Å²) in [5, 5.41) is 0. The van der Waals surface area contributed by atoms with E-state index < -0.39 is 0 Å². The Labute approximate surface area is 30.0 Å². The molecule has 1 heterocycles. The minimum Gasteiger partial charge on any atom is -0.403 e. The van der Waals surface area contributed by atoms with Gasteiger partial charge in [0.25, 0.3) is 0 Å². The minimum absolute atomic E-state index is 0.907. The third-order valence-electron chi connectivity index (χ3n) is 0.449. The summed E-state index contributed by atoms with van der Waals surface area (Å²) in [4.78, 5) is 3.63. The Morgan fingerprint density at radius 1 is 2.00 bits per heavy atom. The summed E-state index contributed by atoms with van der Waals surface area (Å²) in [5.41, 5.74) is 5.85. The van der Waals surface area contributed by atoms with Crippen molar-refractivity contribution in [2.75, 3.05) is 0 Å². The van der Waals surface area contributed by atoms with Crippen molar-refractivity contribution in [3.05, 3.63) is 11.9 Å². The van der Waals surface area contributed by atoms with Gasteiger partial charge in [0.15, 0.2) is 0 Å². The van der Waals surface area contributed by atoms with Gasteiger partial charge in [0.05, 0.1) is 11.9 Å². The second kappa shape index (κ2) is 0.578. The highest BCUT2D eigenvalue weighted by molar-refractivity contribution is 5.92. The van der Waals surface area contributed by atoms with Crippen molar-refractivity contribution in [2.24, 2.45) is 10.7 Å². The van der Waals surface area contributed by atoms with Gasteiger partial charge < -0.3 is 5.73 Å². The molecule has 2 N–H and O–H groups in total. The first-order chi connectivity index (χ1) is 2.43. The van der Waals surface area contributed by atoms with Crippen LogP contribution in [0.15, 0.2) is 16.9 Å². The summed E-state index contributed by atoms with van der Waals surface area (Å²) in [6, 6.07) is 0. The molecule has 2 heteroatoms. The number of hydrogen-bond acceptors (Lipinski definition) is 2. The van der Waals surface area contributed by atoms with E-state index in [-0.39, 0.29) is 0 Å². The fourth-order valence-corrected chi connectivity index (χ4v) is 0.123. The molecule has 0 spiro atoms. The van der Waals surface area contributed by atoms with Crippen LogP contribution in [0.4, 0.5) is 0 Å². The molecule has 0 aromatic rings. The summed E-state index contributed by atoms with van der Waals surface area (Å²) in [5.74, 6) is 0. The van der Waals surface area contributed by atoms with Gasteiger partial charge in [-0.3, -0.25) is 4.99 Å². The Morgan fingerprint density at radius 3 is 2.60 bits per heavy atom. The van der Waals surface area contributed by atoms with Crippen molar-refractivity contribution < 1.29 is 0 Å². The lowest BCUT2D eigenvalue weighted by Gasteiger charge is -1.55. The highest BCUT2D eigenvalue weighted by Crippen LogP contribution is 2.00. The first-order valence-corrected chi connectivity index (χ1v) is 1.39. The highest BCUT2D eigenvalue weighted by atomic mass is 14.9. The Kier molecular flexibility index (Phi) is 0.283. The van der Waals surface area contributed by atoms with E-state index in [0.29, 0.717) is 0 Å². The third kappa shape index (κ3) is 0.265. The predicted octanol–water partition coefficient (Wildman–Crippen LogP) is -0.129. The summed E-state index contributed by atoms with van der Waals surface area (Å²) >= 11 is 0. The van der Waals surface area contributed by atoms with Crippen molar-refractivity contribution in [1.29, 1.82) is 0 Å². The molecule has 0 amide bonds. The molecular formula is C3H4N2. The second-order valence-electron chi connectivity index (χ2n) is 0.850. The summed E-state index contributed by atoms with van der Waals surface area (Å²) in [7, 11) is 0. The smallest absolute Gasteiger partial charge is 0.0967 e. The van der Waals surface area contributed by atoms with Gasteiger partial charge in [0, 0.05) is 6.20 Å². The Morgan fingerprint density at radius 2 is 2.60 bits per heavy atom. The lowest BCUT2D eigenvalue weighted by Crippen LogP contribution is -1.73. The number of nitrogens with two attached hydrogens (primary N) is 1. The first kappa shape index (κ1) is 2.45. The monoisotopic (exact) mass is 68.0 g/mol. The van der Waals surface area contributed by atoms with E-state index in [1.54, 1.807) is 6.21 Å². The third-order valence-corrected chi connectivity index (χ3v) is 0.449. The highest BCUT2D eigenvalue weighted by Gasteiger charge is 1.94. The lowest BCUT2D eigenvalue weighted by molar-refractivity contribution is 1.54. The maximum Gasteiger partial charge on any atom is 0.0967 e. The Balaban J connectivity index is 2.54. The van der Waals surface area contributed by atoms with Gasteiger partial charge in [0.2, 0.25) is 0 Å². The minimum atomic E-state index is 0.907. The van der Waals surface area contributed by atoms with E-state index in [0.717, 1.165) is 5.70 Å². The zero-order valence-corrected chi connectivity index (χ0v) is 2.68. The normalized spacial score (nSPS) is 24.4. The quantitative estimate of drug-likeness (QED) is 0.422. The molecule has 0 saturated heterocycles. The van der Waals surface area contributed by atoms with Crippen LogP contribution in [-0.2, 0) is 0 Å². The summed E-state index contributed by atoms with van der Waals surface area (Å²) in [6.07, 6.45) is 3.18. The van der Waals surface area contributed by atoms with Crippen LogP contribution < -0.4 is 5.73 Å². The van der Waals surface area contributed by atoms with Crippen molar-refractivity contribution in [3.63, 3.8) is 0 Å². The molecule has 0 atom stereocenters. The van der Waals surface area contributed by atoms with E-state index in [4.69, 9.17) is 5.73 Å². The fraction of sp³-hybridized carbons (Fsp3) is 0.